The van der Waals surface area contributed by atoms with E-state index < -0.39 is 0 Å². The molecule has 122 valence electrons. The van der Waals surface area contributed by atoms with Crippen molar-refractivity contribution in [2.24, 2.45) is 0 Å². The number of aliphatic hydroxyl groups is 1. The van der Waals surface area contributed by atoms with Crippen LogP contribution in [-0.4, -0.2) is 45.2 Å². The molecule has 0 spiro atoms. The van der Waals surface area contributed by atoms with Gasteiger partial charge in [-0.25, -0.2) is 0 Å². The maximum absolute atomic E-state index is 8.58. The molecule has 0 aliphatic rings. The van der Waals surface area contributed by atoms with E-state index in [0.29, 0.717) is 26.4 Å². The molecule has 0 heterocycles. The van der Waals surface area contributed by atoms with Gasteiger partial charge < -0.3 is 24.6 Å². The number of nitrogens with one attached hydrogen (secondary N) is 1. The van der Waals surface area contributed by atoms with Crippen molar-refractivity contribution in [2.75, 3.05) is 40.1 Å². The lowest BCUT2D eigenvalue weighted by atomic mass is 10.2. The number of benzene rings is 1. The molecule has 0 unspecified atom stereocenters. The second-order valence-electron chi connectivity index (χ2n) is 4.05. The van der Waals surface area contributed by atoms with Crippen LogP contribution in [0.3, 0.4) is 0 Å². The van der Waals surface area contributed by atoms with Crippen molar-refractivity contribution in [3.8, 4) is 11.5 Å². The van der Waals surface area contributed by atoms with Crippen LogP contribution in [0.4, 0.5) is 0 Å². The molecule has 2 N–H and O–H groups in total. The molecule has 1 aromatic carbocycles. The third-order valence-electron chi connectivity index (χ3n) is 2.57. The van der Waals surface area contributed by atoms with E-state index in [1.807, 2.05) is 19.1 Å². The molecule has 0 amide bonds. The lowest BCUT2D eigenvalue weighted by molar-refractivity contribution is 0.0938. The van der Waals surface area contributed by atoms with Gasteiger partial charge in [-0.05, 0) is 40.5 Å². The Kier molecular flexibility index (Phi) is 11.8. The van der Waals surface area contributed by atoms with Gasteiger partial charge in [0.1, 0.15) is 0 Å². The Hall–Kier alpha value is -0.530. The van der Waals surface area contributed by atoms with E-state index in [0.717, 1.165) is 28.1 Å². The monoisotopic (exact) mass is 383 g/mol. The fraction of sp³-hybridized carbons (Fsp3) is 0.571. The van der Waals surface area contributed by atoms with Crippen LogP contribution in [0.15, 0.2) is 16.6 Å². The van der Waals surface area contributed by atoms with E-state index >= 15 is 0 Å². The summed E-state index contributed by atoms with van der Waals surface area (Å²) in [5, 5.41) is 11.8. The topological polar surface area (TPSA) is 60.0 Å². The summed E-state index contributed by atoms with van der Waals surface area (Å²) in [5.41, 5.74) is 1.10. The zero-order chi connectivity index (χ0) is 14.8. The van der Waals surface area contributed by atoms with Crippen molar-refractivity contribution in [2.45, 2.75) is 13.5 Å². The molecular formula is C14H23BrClNO4. The van der Waals surface area contributed by atoms with Crippen molar-refractivity contribution in [1.29, 1.82) is 0 Å². The Morgan fingerprint density at radius 1 is 1.29 bits per heavy atom. The molecule has 5 nitrogen and oxygen atoms in total. The van der Waals surface area contributed by atoms with E-state index in [2.05, 4.69) is 21.2 Å². The number of halogens is 2. The third-order valence-corrected chi connectivity index (χ3v) is 3.15. The van der Waals surface area contributed by atoms with Gasteiger partial charge >= 0.3 is 0 Å². The average Bonchev–Trinajstić information content (AvgIpc) is 2.45. The van der Waals surface area contributed by atoms with Crippen molar-refractivity contribution >= 4 is 28.3 Å². The molecule has 0 atom stereocenters. The fourth-order valence-electron chi connectivity index (χ4n) is 1.70. The maximum Gasteiger partial charge on any atom is 0.175 e. The quantitative estimate of drug-likeness (QED) is 0.607. The van der Waals surface area contributed by atoms with E-state index in [-0.39, 0.29) is 19.0 Å². The van der Waals surface area contributed by atoms with E-state index in [4.69, 9.17) is 19.3 Å². The number of hydrogen-bond acceptors (Lipinski definition) is 5. The average molecular weight is 385 g/mol. The van der Waals surface area contributed by atoms with Gasteiger partial charge in [0.2, 0.25) is 0 Å². The van der Waals surface area contributed by atoms with Crippen LogP contribution in [0, 0.1) is 0 Å². The molecule has 0 radical (unpaired) electrons. The number of rotatable bonds is 10. The first kappa shape index (κ1) is 20.5. The summed E-state index contributed by atoms with van der Waals surface area (Å²) in [6.45, 7) is 4.99. The number of ether oxygens (including phenoxy) is 3. The SMILES string of the molecule is CCOc1c(Br)cc(CNCCOCCO)cc1OC.Cl. The number of methoxy groups -OCH3 is 1. The minimum atomic E-state index is 0. The summed E-state index contributed by atoms with van der Waals surface area (Å²) in [5.74, 6) is 1.44. The van der Waals surface area contributed by atoms with Crippen LogP contribution in [0.25, 0.3) is 0 Å². The predicted molar refractivity (Wildman–Crippen MR) is 88.7 cm³/mol. The molecule has 21 heavy (non-hydrogen) atoms. The van der Waals surface area contributed by atoms with Crippen LogP contribution in [0.2, 0.25) is 0 Å². The standard InChI is InChI=1S/C14H22BrNO4.ClH/c1-3-20-14-12(15)8-11(9-13(14)18-2)10-16-4-6-19-7-5-17;/h8-9,16-17H,3-7,10H2,1-2H3;1H. The first-order valence-corrected chi connectivity index (χ1v) is 7.40. The molecule has 1 aromatic rings. The first-order chi connectivity index (χ1) is 9.72. The van der Waals surface area contributed by atoms with Crippen LogP contribution in [-0.2, 0) is 11.3 Å². The molecule has 0 saturated carbocycles. The van der Waals surface area contributed by atoms with E-state index in [9.17, 15) is 0 Å². The fourth-order valence-corrected chi connectivity index (χ4v) is 2.31. The predicted octanol–water partition coefficient (Wildman–Crippen LogP) is 2.38. The van der Waals surface area contributed by atoms with Gasteiger partial charge in [0, 0.05) is 13.1 Å². The van der Waals surface area contributed by atoms with Crippen LogP contribution < -0.4 is 14.8 Å². The highest BCUT2D eigenvalue weighted by atomic mass is 79.9. The van der Waals surface area contributed by atoms with Gasteiger partial charge in [-0.1, -0.05) is 0 Å². The summed E-state index contributed by atoms with van der Waals surface area (Å²) >= 11 is 3.50. The smallest absolute Gasteiger partial charge is 0.175 e. The molecule has 0 aromatic heterocycles. The van der Waals surface area contributed by atoms with Gasteiger partial charge in [-0.3, -0.25) is 0 Å². The van der Waals surface area contributed by atoms with Crippen molar-refractivity contribution < 1.29 is 19.3 Å². The first-order valence-electron chi connectivity index (χ1n) is 6.61. The lowest BCUT2D eigenvalue weighted by Crippen LogP contribution is -2.20. The molecule has 1 rings (SSSR count). The highest BCUT2D eigenvalue weighted by Crippen LogP contribution is 2.36. The second kappa shape index (κ2) is 12.1. The zero-order valence-corrected chi connectivity index (χ0v) is 14.8. The largest absolute Gasteiger partial charge is 0.493 e. The molecular weight excluding hydrogens is 362 g/mol. The minimum absolute atomic E-state index is 0. The van der Waals surface area contributed by atoms with Crippen LogP contribution in [0.1, 0.15) is 12.5 Å². The maximum atomic E-state index is 8.58. The highest BCUT2D eigenvalue weighted by molar-refractivity contribution is 9.10. The summed E-state index contributed by atoms with van der Waals surface area (Å²) in [6.07, 6.45) is 0. The minimum Gasteiger partial charge on any atom is -0.493 e. The molecule has 7 heteroatoms. The molecule has 0 fully saturated rings. The van der Waals surface area contributed by atoms with Gasteiger partial charge in [0.05, 0.1) is 38.0 Å². The Morgan fingerprint density at radius 3 is 2.67 bits per heavy atom. The highest BCUT2D eigenvalue weighted by Gasteiger charge is 2.10. The third kappa shape index (κ3) is 7.33. The van der Waals surface area contributed by atoms with Crippen molar-refractivity contribution in [3.05, 3.63) is 22.2 Å². The van der Waals surface area contributed by atoms with Crippen molar-refractivity contribution in [3.63, 3.8) is 0 Å². The summed E-state index contributed by atoms with van der Waals surface area (Å²) in [4.78, 5) is 0. The van der Waals surface area contributed by atoms with E-state index in [1.54, 1.807) is 7.11 Å². The number of aliphatic hydroxyl groups excluding tert-OH is 1. The van der Waals surface area contributed by atoms with Gasteiger partial charge in [0.25, 0.3) is 0 Å². The molecule has 0 bridgehead atoms. The normalized spacial score (nSPS) is 10.1. The van der Waals surface area contributed by atoms with Crippen molar-refractivity contribution in [1.82, 2.24) is 5.32 Å². The zero-order valence-electron chi connectivity index (χ0n) is 12.4. The van der Waals surface area contributed by atoms with Gasteiger partial charge in [0.15, 0.2) is 11.5 Å². The Balaban J connectivity index is 0.00000400. The second-order valence-corrected chi connectivity index (χ2v) is 4.91. The Labute approximate surface area is 140 Å². The summed E-state index contributed by atoms with van der Waals surface area (Å²) in [7, 11) is 1.63. The summed E-state index contributed by atoms with van der Waals surface area (Å²) in [6, 6.07) is 3.96. The summed E-state index contributed by atoms with van der Waals surface area (Å²) < 4.78 is 16.9. The van der Waals surface area contributed by atoms with Crippen LogP contribution in [0.5, 0.6) is 11.5 Å². The Morgan fingerprint density at radius 2 is 2.05 bits per heavy atom. The van der Waals surface area contributed by atoms with Gasteiger partial charge in [-0.15, -0.1) is 12.4 Å². The number of hydrogen-bond donors (Lipinski definition) is 2. The Bertz CT molecular complexity index is 407. The molecule has 0 aliphatic heterocycles. The lowest BCUT2D eigenvalue weighted by Gasteiger charge is -2.13. The molecule has 0 aliphatic carbocycles. The van der Waals surface area contributed by atoms with Crippen LogP contribution >= 0.6 is 28.3 Å². The van der Waals surface area contributed by atoms with Gasteiger partial charge in [-0.2, -0.15) is 0 Å². The van der Waals surface area contributed by atoms with E-state index in [1.165, 1.54) is 0 Å². The molecule has 0 saturated heterocycles.